The van der Waals surface area contributed by atoms with E-state index in [0.717, 1.165) is 12.8 Å². The predicted octanol–water partition coefficient (Wildman–Crippen LogP) is 4.70. The fourth-order valence-corrected chi connectivity index (χ4v) is 4.28. The number of esters is 1. The van der Waals surface area contributed by atoms with E-state index in [1.54, 1.807) is 6.08 Å². The van der Waals surface area contributed by atoms with Gasteiger partial charge in [0.2, 0.25) is 0 Å². The molecule has 0 aromatic heterocycles. The lowest BCUT2D eigenvalue weighted by Gasteiger charge is -2.44. The van der Waals surface area contributed by atoms with Crippen molar-refractivity contribution in [1.82, 2.24) is 0 Å². The first-order valence-electron chi connectivity index (χ1n) is 9.07. The van der Waals surface area contributed by atoms with E-state index in [-0.39, 0.29) is 35.9 Å². The molecule has 4 atom stereocenters. The monoisotopic (exact) mass is 356 g/mol. The van der Waals surface area contributed by atoms with Crippen molar-refractivity contribution in [3.05, 3.63) is 12.7 Å². The molecule has 0 aliphatic carbocycles. The molecule has 0 aromatic rings. The van der Waals surface area contributed by atoms with Crippen molar-refractivity contribution in [1.29, 1.82) is 0 Å². The second-order valence-electron chi connectivity index (χ2n) is 8.54. The zero-order valence-electron chi connectivity index (χ0n) is 16.6. The van der Waals surface area contributed by atoms with E-state index in [1.807, 2.05) is 0 Å². The summed E-state index contributed by atoms with van der Waals surface area (Å²) in [5, 5.41) is 0.174. The summed E-state index contributed by atoms with van der Waals surface area (Å²) in [6.07, 6.45) is 3.83. The van der Waals surface area contributed by atoms with E-state index < -0.39 is 8.32 Å². The maximum atomic E-state index is 11.8. The molecule has 5 heteroatoms. The van der Waals surface area contributed by atoms with Gasteiger partial charge in [-0.1, -0.05) is 40.3 Å². The summed E-state index contributed by atoms with van der Waals surface area (Å²) in [6, 6.07) is 0. The topological polar surface area (TPSA) is 44.8 Å². The van der Waals surface area contributed by atoms with Crippen LogP contribution in [0.5, 0.6) is 0 Å². The summed E-state index contributed by atoms with van der Waals surface area (Å²) in [7, 11) is -1.84. The molecule has 1 rings (SSSR count). The van der Waals surface area contributed by atoms with Gasteiger partial charge in [-0.2, -0.15) is 0 Å². The van der Waals surface area contributed by atoms with Gasteiger partial charge in [-0.15, -0.1) is 0 Å². The molecule has 0 unspecified atom stereocenters. The molecule has 0 saturated carbocycles. The van der Waals surface area contributed by atoms with Crippen LogP contribution in [0.2, 0.25) is 18.1 Å². The van der Waals surface area contributed by atoms with Crippen LogP contribution in [0.3, 0.4) is 0 Å². The van der Waals surface area contributed by atoms with Crippen LogP contribution in [0, 0.1) is 5.92 Å². The molecule has 1 saturated heterocycles. The lowest BCUT2D eigenvalue weighted by Crippen LogP contribution is -2.50. The van der Waals surface area contributed by atoms with Crippen LogP contribution in [0.15, 0.2) is 12.7 Å². The van der Waals surface area contributed by atoms with Crippen molar-refractivity contribution < 1.29 is 18.7 Å². The Morgan fingerprint density at radius 2 is 2.00 bits per heavy atom. The first-order chi connectivity index (χ1) is 11.0. The molecule has 1 fully saturated rings. The molecule has 0 amide bonds. The van der Waals surface area contributed by atoms with Gasteiger partial charge in [0.1, 0.15) is 6.61 Å². The van der Waals surface area contributed by atoms with E-state index in [2.05, 4.69) is 54.3 Å². The van der Waals surface area contributed by atoms with Crippen molar-refractivity contribution in [2.75, 3.05) is 6.61 Å². The Kier molecular flexibility index (Phi) is 7.69. The largest absolute Gasteiger partial charge is 0.461 e. The molecular formula is C19H36O4Si. The maximum Gasteiger partial charge on any atom is 0.308 e. The Bertz CT molecular complexity index is 428. The first kappa shape index (κ1) is 21.4. The number of hydrogen-bond acceptors (Lipinski definition) is 4. The Hall–Kier alpha value is -0.653. The Labute approximate surface area is 149 Å². The Morgan fingerprint density at radius 3 is 2.54 bits per heavy atom. The van der Waals surface area contributed by atoms with Crippen molar-refractivity contribution in [3.63, 3.8) is 0 Å². The predicted molar refractivity (Wildman–Crippen MR) is 101 cm³/mol. The summed E-state index contributed by atoms with van der Waals surface area (Å²) >= 11 is 0. The molecular weight excluding hydrogens is 320 g/mol. The van der Waals surface area contributed by atoms with E-state index in [1.165, 1.54) is 0 Å². The fourth-order valence-electron chi connectivity index (χ4n) is 2.87. The quantitative estimate of drug-likeness (QED) is 0.377. The fraction of sp³-hybridized carbons (Fsp3) is 0.842. The molecule has 1 aliphatic rings. The third-order valence-electron chi connectivity index (χ3n) is 5.36. The lowest BCUT2D eigenvalue weighted by molar-refractivity contribution is -0.156. The van der Waals surface area contributed by atoms with E-state index >= 15 is 0 Å². The Balaban J connectivity index is 2.65. The van der Waals surface area contributed by atoms with Gasteiger partial charge < -0.3 is 13.9 Å². The van der Waals surface area contributed by atoms with Gasteiger partial charge in [0.15, 0.2) is 8.32 Å². The van der Waals surface area contributed by atoms with E-state index in [4.69, 9.17) is 13.9 Å². The third-order valence-corrected chi connectivity index (χ3v) is 9.93. The van der Waals surface area contributed by atoms with Gasteiger partial charge in [-0.25, -0.2) is 0 Å². The zero-order chi connectivity index (χ0) is 18.5. The van der Waals surface area contributed by atoms with Gasteiger partial charge in [0.25, 0.3) is 0 Å². The standard InChI is InChI=1S/C19H36O4Si/c1-9-12-21-17(20)13-16-11-10-14(2)18(22-16)15(3)23-24(7,8)19(4,5)6/h9,14-16,18H,1,10-13H2,2-8H3/t14-,15-,16+,18-/m0/s1. The van der Waals surface area contributed by atoms with Crippen LogP contribution < -0.4 is 0 Å². The molecule has 1 heterocycles. The minimum Gasteiger partial charge on any atom is -0.461 e. The molecule has 140 valence electrons. The van der Waals surface area contributed by atoms with E-state index in [9.17, 15) is 4.79 Å². The number of ether oxygens (including phenoxy) is 2. The van der Waals surface area contributed by atoms with Crippen LogP contribution >= 0.6 is 0 Å². The molecule has 0 spiro atoms. The van der Waals surface area contributed by atoms with Crippen molar-refractivity contribution >= 4 is 14.3 Å². The SMILES string of the molecule is C=CCOC(=O)C[C@H]1CC[C@H](C)[C@@H]([C@H](C)O[Si](C)(C)C(C)(C)C)O1. The second-order valence-corrected chi connectivity index (χ2v) is 13.3. The minimum atomic E-state index is -1.84. The molecule has 0 N–H and O–H groups in total. The van der Waals surface area contributed by atoms with Gasteiger partial charge in [-0.3, -0.25) is 4.79 Å². The van der Waals surface area contributed by atoms with Gasteiger partial charge in [0.05, 0.1) is 24.7 Å². The highest BCUT2D eigenvalue weighted by Gasteiger charge is 2.42. The van der Waals surface area contributed by atoms with Gasteiger partial charge in [-0.05, 0) is 43.8 Å². The zero-order valence-corrected chi connectivity index (χ0v) is 17.6. The summed E-state index contributed by atoms with van der Waals surface area (Å²) < 4.78 is 17.8. The number of carbonyl (C=O) groups excluding carboxylic acids is 1. The van der Waals surface area contributed by atoms with Gasteiger partial charge >= 0.3 is 5.97 Å². The highest BCUT2D eigenvalue weighted by molar-refractivity contribution is 6.74. The number of hydrogen-bond donors (Lipinski definition) is 0. The summed E-state index contributed by atoms with van der Waals surface area (Å²) in [6.45, 7) is 19.4. The van der Waals surface area contributed by atoms with Crippen LogP contribution in [0.25, 0.3) is 0 Å². The van der Waals surface area contributed by atoms with Crippen LogP contribution in [-0.4, -0.2) is 39.2 Å². The average molecular weight is 357 g/mol. The van der Waals surface area contributed by atoms with Crippen molar-refractivity contribution in [3.8, 4) is 0 Å². The molecule has 0 aromatic carbocycles. The molecule has 0 radical (unpaired) electrons. The minimum absolute atomic E-state index is 0.0325. The maximum absolute atomic E-state index is 11.8. The van der Waals surface area contributed by atoms with Crippen molar-refractivity contribution in [2.45, 2.75) is 90.3 Å². The highest BCUT2D eigenvalue weighted by atomic mass is 28.4. The smallest absolute Gasteiger partial charge is 0.308 e. The number of carbonyl (C=O) groups is 1. The second kappa shape index (κ2) is 8.63. The molecule has 0 bridgehead atoms. The van der Waals surface area contributed by atoms with Gasteiger partial charge in [0, 0.05) is 0 Å². The molecule has 1 aliphatic heterocycles. The van der Waals surface area contributed by atoms with Crippen LogP contribution in [0.4, 0.5) is 0 Å². The van der Waals surface area contributed by atoms with E-state index in [0.29, 0.717) is 12.3 Å². The third kappa shape index (κ3) is 6.01. The lowest BCUT2D eigenvalue weighted by atomic mass is 9.90. The molecule has 4 nitrogen and oxygen atoms in total. The van der Waals surface area contributed by atoms with Crippen LogP contribution in [-0.2, 0) is 18.7 Å². The summed E-state index contributed by atoms with van der Waals surface area (Å²) in [4.78, 5) is 11.8. The molecule has 24 heavy (non-hydrogen) atoms. The number of rotatable bonds is 7. The average Bonchev–Trinajstić information content (AvgIpc) is 2.45. The van der Waals surface area contributed by atoms with Crippen molar-refractivity contribution in [2.24, 2.45) is 5.92 Å². The normalized spacial score (nSPS) is 26.7. The Morgan fingerprint density at radius 1 is 1.38 bits per heavy atom. The van der Waals surface area contributed by atoms with Crippen LogP contribution in [0.1, 0.15) is 53.9 Å². The first-order valence-corrected chi connectivity index (χ1v) is 12.0. The summed E-state index contributed by atoms with van der Waals surface area (Å²) in [5.41, 5.74) is 0. The highest BCUT2D eigenvalue weighted by Crippen LogP contribution is 2.39. The summed E-state index contributed by atoms with van der Waals surface area (Å²) in [5.74, 6) is 0.219.